The van der Waals surface area contributed by atoms with Crippen molar-refractivity contribution in [2.24, 2.45) is 11.8 Å². The molecule has 1 N–H and O–H groups in total. The van der Waals surface area contributed by atoms with Gasteiger partial charge in [0, 0.05) is 25.0 Å². The predicted octanol–water partition coefficient (Wildman–Crippen LogP) is 2.82. The van der Waals surface area contributed by atoms with E-state index in [0.717, 1.165) is 30.7 Å². The van der Waals surface area contributed by atoms with Crippen LogP contribution in [0.3, 0.4) is 0 Å². The Labute approximate surface area is 105 Å². The number of nitrogens with one attached hydrogen (secondary N) is 1. The molecular weight excluding hydrogens is 210 g/mol. The highest BCUT2D eigenvalue weighted by atomic mass is 15.1. The Bertz CT molecular complexity index is 345. The summed E-state index contributed by atoms with van der Waals surface area (Å²) in [7, 11) is 0. The van der Waals surface area contributed by atoms with E-state index in [-0.39, 0.29) is 0 Å². The van der Waals surface area contributed by atoms with E-state index in [9.17, 15) is 0 Å². The third-order valence-corrected chi connectivity index (χ3v) is 4.37. The van der Waals surface area contributed by atoms with Crippen molar-refractivity contribution in [3.8, 4) is 0 Å². The maximum Gasteiger partial charge on any atom is 0.122 e. The Balaban J connectivity index is 1.89. The fraction of sp³-hybridized carbons (Fsp3) is 0.786. The van der Waals surface area contributed by atoms with Crippen LogP contribution in [0.4, 0.5) is 0 Å². The standard InChI is InChI=1S/C14H25N3/c1-4-17-9-8-15-14(17)10-16-13-7-5-6-11(2)12(13)3/h8-9,11-13,16H,4-7,10H2,1-3H3. The van der Waals surface area contributed by atoms with Gasteiger partial charge in [0.1, 0.15) is 5.82 Å². The quantitative estimate of drug-likeness (QED) is 0.869. The molecule has 1 aromatic heterocycles. The minimum atomic E-state index is 0.667. The molecule has 0 bridgehead atoms. The lowest BCUT2D eigenvalue weighted by Crippen LogP contribution is -2.40. The number of imidazole rings is 1. The molecule has 96 valence electrons. The Kier molecular flexibility index (Phi) is 4.21. The molecule has 3 heteroatoms. The van der Waals surface area contributed by atoms with Gasteiger partial charge in [0.25, 0.3) is 0 Å². The van der Waals surface area contributed by atoms with Gasteiger partial charge in [0.05, 0.1) is 6.54 Å². The molecule has 3 atom stereocenters. The molecule has 0 amide bonds. The molecule has 3 unspecified atom stereocenters. The highest BCUT2D eigenvalue weighted by molar-refractivity contribution is 4.93. The van der Waals surface area contributed by atoms with Crippen molar-refractivity contribution in [3.63, 3.8) is 0 Å². The fourth-order valence-corrected chi connectivity index (χ4v) is 2.89. The monoisotopic (exact) mass is 235 g/mol. The summed E-state index contributed by atoms with van der Waals surface area (Å²) in [6.07, 6.45) is 8.03. The van der Waals surface area contributed by atoms with Crippen LogP contribution in [0.25, 0.3) is 0 Å². The smallest absolute Gasteiger partial charge is 0.122 e. The lowest BCUT2D eigenvalue weighted by atomic mass is 9.78. The van der Waals surface area contributed by atoms with Gasteiger partial charge < -0.3 is 9.88 Å². The first-order valence-electron chi connectivity index (χ1n) is 6.95. The Hall–Kier alpha value is -0.830. The Morgan fingerprint density at radius 1 is 1.41 bits per heavy atom. The van der Waals surface area contributed by atoms with Crippen molar-refractivity contribution in [2.75, 3.05) is 0 Å². The Morgan fingerprint density at radius 3 is 3.00 bits per heavy atom. The summed E-state index contributed by atoms with van der Waals surface area (Å²) in [6.45, 7) is 8.84. The van der Waals surface area contributed by atoms with Gasteiger partial charge in [-0.1, -0.05) is 26.7 Å². The van der Waals surface area contributed by atoms with E-state index >= 15 is 0 Å². The molecule has 0 radical (unpaired) electrons. The SMILES string of the molecule is CCn1ccnc1CNC1CCCC(C)C1C. The average Bonchev–Trinajstić information content (AvgIpc) is 2.78. The molecule has 0 saturated heterocycles. The zero-order valence-corrected chi connectivity index (χ0v) is 11.3. The molecule has 1 aliphatic carbocycles. The van der Waals surface area contributed by atoms with Crippen molar-refractivity contribution >= 4 is 0 Å². The van der Waals surface area contributed by atoms with Crippen LogP contribution in [0.2, 0.25) is 0 Å². The van der Waals surface area contributed by atoms with Gasteiger partial charge in [0.2, 0.25) is 0 Å². The number of hydrogen-bond acceptors (Lipinski definition) is 2. The number of rotatable bonds is 4. The highest BCUT2D eigenvalue weighted by Gasteiger charge is 2.26. The first kappa shape index (κ1) is 12.6. The molecule has 2 rings (SSSR count). The van der Waals surface area contributed by atoms with E-state index in [0.29, 0.717) is 6.04 Å². The van der Waals surface area contributed by atoms with Crippen LogP contribution in [-0.4, -0.2) is 15.6 Å². The van der Waals surface area contributed by atoms with Crippen LogP contribution in [0.15, 0.2) is 12.4 Å². The summed E-state index contributed by atoms with van der Waals surface area (Å²) in [5.41, 5.74) is 0. The van der Waals surface area contributed by atoms with Crippen molar-refractivity contribution in [3.05, 3.63) is 18.2 Å². The summed E-state index contributed by atoms with van der Waals surface area (Å²) in [4.78, 5) is 4.42. The molecule has 0 aliphatic heterocycles. The fourth-order valence-electron chi connectivity index (χ4n) is 2.89. The molecule has 0 spiro atoms. The van der Waals surface area contributed by atoms with Crippen LogP contribution in [0, 0.1) is 11.8 Å². The third kappa shape index (κ3) is 2.89. The average molecular weight is 235 g/mol. The van der Waals surface area contributed by atoms with Crippen molar-refractivity contribution in [1.82, 2.24) is 14.9 Å². The largest absolute Gasteiger partial charge is 0.334 e. The molecule has 1 heterocycles. The molecule has 17 heavy (non-hydrogen) atoms. The topological polar surface area (TPSA) is 29.9 Å². The minimum Gasteiger partial charge on any atom is -0.334 e. The van der Waals surface area contributed by atoms with Gasteiger partial charge in [-0.2, -0.15) is 0 Å². The number of hydrogen-bond donors (Lipinski definition) is 1. The van der Waals surface area contributed by atoms with Crippen LogP contribution in [0.1, 0.15) is 45.9 Å². The lowest BCUT2D eigenvalue weighted by molar-refractivity contribution is 0.204. The van der Waals surface area contributed by atoms with E-state index in [2.05, 4.69) is 41.8 Å². The van der Waals surface area contributed by atoms with E-state index in [1.54, 1.807) is 0 Å². The van der Waals surface area contributed by atoms with Crippen LogP contribution < -0.4 is 5.32 Å². The number of aryl methyl sites for hydroxylation is 1. The van der Waals surface area contributed by atoms with Gasteiger partial charge in [-0.05, 0) is 25.2 Å². The van der Waals surface area contributed by atoms with E-state index in [1.165, 1.54) is 19.3 Å². The maximum absolute atomic E-state index is 4.42. The normalized spacial score (nSPS) is 29.5. The second-order valence-electron chi connectivity index (χ2n) is 5.38. The molecule has 1 saturated carbocycles. The Morgan fingerprint density at radius 2 is 2.24 bits per heavy atom. The van der Waals surface area contributed by atoms with Gasteiger partial charge >= 0.3 is 0 Å². The summed E-state index contributed by atoms with van der Waals surface area (Å²) in [5, 5.41) is 3.70. The van der Waals surface area contributed by atoms with E-state index in [4.69, 9.17) is 0 Å². The molecule has 1 aromatic rings. The first-order valence-corrected chi connectivity index (χ1v) is 6.95. The minimum absolute atomic E-state index is 0.667. The molecule has 0 aromatic carbocycles. The second-order valence-corrected chi connectivity index (χ2v) is 5.38. The zero-order valence-electron chi connectivity index (χ0n) is 11.3. The van der Waals surface area contributed by atoms with Crippen molar-refractivity contribution < 1.29 is 0 Å². The molecular formula is C14H25N3. The van der Waals surface area contributed by atoms with Gasteiger partial charge in [-0.15, -0.1) is 0 Å². The van der Waals surface area contributed by atoms with E-state index in [1.807, 2.05) is 6.20 Å². The van der Waals surface area contributed by atoms with Crippen molar-refractivity contribution in [2.45, 2.75) is 59.2 Å². The summed E-state index contributed by atoms with van der Waals surface area (Å²) < 4.78 is 2.21. The summed E-state index contributed by atoms with van der Waals surface area (Å²) in [6, 6.07) is 0.667. The summed E-state index contributed by atoms with van der Waals surface area (Å²) >= 11 is 0. The van der Waals surface area contributed by atoms with Crippen LogP contribution >= 0.6 is 0 Å². The zero-order chi connectivity index (χ0) is 12.3. The van der Waals surface area contributed by atoms with E-state index < -0.39 is 0 Å². The second kappa shape index (κ2) is 5.67. The lowest BCUT2D eigenvalue weighted by Gasteiger charge is -2.34. The molecule has 1 aliphatic rings. The van der Waals surface area contributed by atoms with Gasteiger partial charge in [-0.3, -0.25) is 0 Å². The summed E-state index contributed by atoms with van der Waals surface area (Å²) in [5.74, 6) is 2.80. The molecule has 3 nitrogen and oxygen atoms in total. The predicted molar refractivity (Wildman–Crippen MR) is 70.7 cm³/mol. The first-order chi connectivity index (χ1) is 8.22. The van der Waals surface area contributed by atoms with Gasteiger partial charge in [0.15, 0.2) is 0 Å². The number of nitrogens with zero attached hydrogens (tertiary/aromatic N) is 2. The number of aromatic nitrogens is 2. The van der Waals surface area contributed by atoms with Crippen LogP contribution in [-0.2, 0) is 13.1 Å². The maximum atomic E-state index is 4.42. The molecule has 1 fully saturated rings. The van der Waals surface area contributed by atoms with Crippen molar-refractivity contribution in [1.29, 1.82) is 0 Å². The van der Waals surface area contributed by atoms with Crippen LogP contribution in [0.5, 0.6) is 0 Å². The third-order valence-electron chi connectivity index (χ3n) is 4.37. The van der Waals surface area contributed by atoms with Gasteiger partial charge in [-0.25, -0.2) is 4.98 Å². The highest BCUT2D eigenvalue weighted by Crippen LogP contribution is 2.29.